The van der Waals surface area contributed by atoms with E-state index in [-0.39, 0.29) is 24.5 Å². The van der Waals surface area contributed by atoms with Crippen LogP contribution in [0.5, 0.6) is 0 Å². The second-order valence-corrected chi connectivity index (χ2v) is 12.4. The van der Waals surface area contributed by atoms with E-state index in [9.17, 15) is 9.59 Å². The second kappa shape index (κ2) is 8.01. The number of ether oxygens (including phenoxy) is 2. The molecule has 0 aromatic carbocycles. The first-order chi connectivity index (χ1) is 9.76. The Bertz CT molecular complexity index is 420. The van der Waals surface area contributed by atoms with Crippen LogP contribution in [0.25, 0.3) is 0 Å². The van der Waals surface area contributed by atoms with Gasteiger partial charge >= 0.3 is 0 Å². The minimum absolute atomic E-state index is 0.0162. The summed E-state index contributed by atoms with van der Waals surface area (Å²) in [4.78, 5) is 23.7. The third kappa shape index (κ3) is 5.85. The van der Waals surface area contributed by atoms with Crippen LogP contribution < -0.4 is 0 Å². The summed E-state index contributed by atoms with van der Waals surface area (Å²) in [6.45, 7) is 11.1. The summed E-state index contributed by atoms with van der Waals surface area (Å²) in [6.07, 6.45) is 1.47. The summed E-state index contributed by atoms with van der Waals surface area (Å²) < 4.78 is 11.2. The zero-order valence-corrected chi connectivity index (χ0v) is 15.0. The largest absolute Gasteiger partial charge is 0.356 e. The van der Waals surface area contributed by atoms with Crippen molar-refractivity contribution in [3.05, 3.63) is 11.1 Å². The van der Waals surface area contributed by atoms with Crippen molar-refractivity contribution in [3.63, 3.8) is 0 Å². The molecule has 0 aromatic heterocycles. The molecule has 0 heterocycles. The standard InChI is InChI=1S/C16H28O4Si/c1-6-14(18)16-13(12(2)17)7-8-15(16)20-11-19-9-10-21(3,4)5/h15H,6-11H2,1-5H3. The molecule has 120 valence electrons. The highest BCUT2D eigenvalue weighted by molar-refractivity contribution is 6.76. The van der Waals surface area contributed by atoms with Crippen LogP contribution in [0.4, 0.5) is 0 Å². The SMILES string of the molecule is CCC(=O)C1=C(C(C)=O)CCC1OCOCC[Si](C)(C)C. The van der Waals surface area contributed by atoms with Crippen molar-refractivity contribution in [2.24, 2.45) is 0 Å². The lowest BCUT2D eigenvalue weighted by Gasteiger charge is -2.18. The van der Waals surface area contributed by atoms with E-state index in [0.29, 0.717) is 37.0 Å². The first kappa shape index (κ1) is 18.3. The number of rotatable bonds is 9. The maximum Gasteiger partial charge on any atom is 0.161 e. The van der Waals surface area contributed by atoms with Crippen molar-refractivity contribution in [1.82, 2.24) is 0 Å². The van der Waals surface area contributed by atoms with Gasteiger partial charge < -0.3 is 9.47 Å². The van der Waals surface area contributed by atoms with Crippen molar-refractivity contribution < 1.29 is 19.1 Å². The lowest BCUT2D eigenvalue weighted by Crippen LogP contribution is -2.24. The van der Waals surface area contributed by atoms with Crippen LogP contribution >= 0.6 is 0 Å². The van der Waals surface area contributed by atoms with E-state index < -0.39 is 8.07 Å². The molecule has 0 N–H and O–H groups in total. The van der Waals surface area contributed by atoms with E-state index >= 15 is 0 Å². The zero-order chi connectivity index (χ0) is 16.0. The van der Waals surface area contributed by atoms with E-state index in [1.807, 2.05) is 6.92 Å². The fourth-order valence-corrected chi connectivity index (χ4v) is 3.14. The third-order valence-electron chi connectivity index (χ3n) is 3.70. The molecule has 1 rings (SSSR count). The number of hydrogen-bond acceptors (Lipinski definition) is 4. The van der Waals surface area contributed by atoms with Crippen molar-refractivity contribution in [3.8, 4) is 0 Å². The molecular formula is C16H28O4Si. The number of hydrogen-bond donors (Lipinski definition) is 0. The Balaban J connectivity index is 2.51. The maximum absolute atomic E-state index is 12.0. The number of ketones is 2. The van der Waals surface area contributed by atoms with E-state index in [4.69, 9.17) is 9.47 Å². The Labute approximate surface area is 128 Å². The number of Topliss-reactive ketones (excluding diaryl/α,β-unsaturated/α-hetero) is 2. The van der Waals surface area contributed by atoms with Gasteiger partial charge in [0, 0.05) is 32.2 Å². The normalized spacial score (nSPS) is 19.2. The molecule has 1 aliphatic rings. The summed E-state index contributed by atoms with van der Waals surface area (Å²) in [6, 6.07) is 1.09. The predicted molar refractivity (Wildman–Crippen MR) is 86.1 cm³/mol. The lowest BCUT2D eigenvalue weighted by molar-refractivity contribution is -0.119. The Morgan fingerprint density at radius 2 is 1.95 bits per heavy atom. The highest BCUT2D eigenvalue weighted by Crippen LogP contribution is 2.31. The molecule has 21 heavy (non-hydrogen) atoms. The molecule has 0 amide bonds. The summed E-state index contributed by atoms with van der Waals surface area (Å²) in [7, 11) is -1.09. The lowest BCUT2D eigenvalue weighted by atomic mass is 10.0. The highest BCUT2D eigenvalue weighted by atomic mass is 28.3. The van der Waals surface area contributed by atoms with Crippen molar-refractivity contribution in [2.45, 2.75) is 64.9 Å². The Hall–Kier alpha value is -0.783. The van der Waals surface area contributed by atoms with E-state index in [0.717, 1.165) is 6.04 Å². The third-order valence-corrected chi connectivity index (χ3v) is 5.40. The Morgan fingerprint density at radius 1 is 1.29 bits per heavy atom. The minimum atomic E-state index is -1.09. The smallest absolute Gasteiger partial charge is 0.161 e. The van der Waals surface area contributed by atoms with Crippen LogP contribution in [0.1, 0.15) is 33.1 Å². The molecule has 1 atom stereocenters. The maximum atomic E-state index is 12.0. The van der Waals surface area contributed by atoms with Crippen LogP contribution in [0.3, 0.4) is 0 Å². The summed E-state index contributed by atoms with van der Waals surface area (Å²) in [5, 5.41) is 0. The fourth-order valence-electron chi connectivity index (χ4n) is 2.39. The molecule has 0 saturated carbocycles. The molecule has 0 aliphatic heterocycles. The van der Waals surface area contributed by atoms with Crippen LogP contribution in [-0.4, -0.2) is 39.1 Å². The minimum Gasteiger partial charge on any atom is -0.356 e. The van der Waals surface area contributed by atoms with Gasteiger partial charge in [0.15, 0.2) is 11.6 Å². The van der Waals surface area contributed by atoms with Crippen LogP contribution in [0.15, 0.2) is 11.1 Å². The Kier molecular flexibility index (Phi) is 6.97. The Morgan fingerprint density at radius 3 is 2.48 bits per heavy atom. The first-order valence-corrected chi connectivity index (χ1v) is 11.4. The molecule has 0 aromatic rings. The van der Waals surface area contributed by atoms with Gasteiger partial charge in [-0.15, -0.1) is 0 Å². The molecular weight excluding hydrogens is 284 g/mol. The monoisotopic (exact) mass is 312 g/mol. The molecule has 1 aliphatic carbocycles. The van der Waals surface area contributed by atoms with Gasteiger partial charge in [-0.2, -0.15) is 0 Å². The van der Waals surface area contributed by atoms with Crippen LogP contribution in [0, 0.1) is 0 Å². The van der Waals surface area contributed by atoms with Gasteiger partial charge in [0.05, 0.1) is 6.10 Å². The van der Waals surface area contributed by atoms with Gasteiger partial charge in [-0.25, -0.2) is 0 Å². The summed E-state index contributed by atoms with van der Waals surface area (Å²) in [5.41, 5.74) is 1.23. The average Bonchev–Trinajstić information content (AvgIpc) is 2.80. The van der Waals surface area contributed by atoms with E-state index in [1.54, 1.807) is 0 Å². The van der Waals surface area contributed by atoms with Crippen molar-refractivity contribution in [2.75, 3.05) is 13.4 Å². The average molecular weight is 312 g/mol. The topological polar surface area (TPSA) is 52.6 Å². The van der Waals surface area contributed by atoms with Gasteiger partial charge in [-0.3, -0.25) is 9.59 Å². The van der Waals surface area contributed by atoms with Gasteiger partial charge in [0.1, 0.15) is 6.79 Å². The van der Waals surface area contributed by atoms with Gasteiger partial charge in [-0.1, -0.05) is 26.6 Å². The summed E-state index contributed by atoms with van der Waals surface area (Å²) in [5.74, 6) is 0.00218. The fraction of sp³-hybridized carbons (Fsp3) is 0.750. The predicted octanol–water partition coefficient (Wildman–Crippen LogP) is 3.34. The highest BCUT2D eigenvalue weighted by Gasteiger charge is 2.32. The number of allylic oxidation sites excluding steroid dienone is 1. The van der Waals surface area contributed by atoms with Crippen molar-refractivity contribution in [1.29, 1.82) is 0 Å². The van der Waals surface area contributed by atoms with Gasteiger partial charge in [-0.05, 0) is 25.8 Å². The van der Waals surface area contributed by atoms with Crippen LogP contribution in [-0.2, 0) is 19.1 Å². The van der Waals surface area contributed by atoms with E-state index in [2.05, 4.69) is 19.6 Å². The number of carbonyl (C=O) groups excluding carboxylic acids is 2. The molecule has 1 unspecified atom stereocenters. The van der Waals surface area contributed by atoms with Gasteiger partial charge in [0.25, 0.3) is 0 Å². The molecule has 5 heteroatoms. The number of carbonyl (C=O) groups is 2. The molecule has 0 saturated heterocycles. The molecule has 4 nitrogen and oxygen atoms in total. The molecule has 0 bridgehead atoms. The molecule has 0 radical (unpaired) electrons. The van der Waals surface area contributed by atoms with Gasteiger partial charge in [0.2, 0.25) is 0 Å². The van der Waals surface area contributed by atoms with Crippen molar-refractivity contribution >= 4 is 19.6 Å². The molecule has 0 fully saturated rings. The zero-order valence-electron chi connectivity index (χ0n) is 14.0. The van der Waals surface area contributed by atoms with Crippen LogP contribution in [0.2, 0.25) is 25.7 Å². The van der Waals surface area contributed by atoms with E-state index in [1.165, 1.54) is 6.92 Å². The second-order valence-electron chi connectivity index (χ2n) is 6.76. The molecule has 0 spiro atoms. The summed E-state index contributed by atoms with van der Waals surface area (Å²) >= 11 is 0. The first-order valence-electron chi connectivity index (χ1n) is 7.72. The quantitative estimate of drug-likeness (QED) is 0.372.